The number of anilines is 1. The fraction of sp³-hybridized carbons (Fsp3) is 0.200. The first-order valence-corrected chi connectivity index (χ1v) is 6.31. The third-order valence-corrected chi connectivity index (χ3v) is 3.56. The zero-order valence-corrected chi connectivity index (χ0v) is 10.9. The molecule has 0 atom stereocenters. The van der Waals surface area contributed by atoms with Gasteiger partial charge in [0, 0.05) is 18.9 Å². The lowest BCUT2D eigenvalue weighted by atomic mass is 10.2. The maximum absolute atomic E-state index is 10.9. The fourth-order valence-electron chi connectivity index (χ4n) is 1.49. The molecule has 1 aromatic carbocycles. The van der Waals surface area contributed by atoms with E-state index in [1.165, 1.54) is 17.8 Å². The number of aryl methyl sites for hydroxylation is 1. The van der Waals surface area contributed by atoms with Crippen LogP contribution in [-0.4, -0.2) is 19.7 Å². The van der Waals surface area contributed by atoms with Crippen molar-refractivity contribution in [2.24, 2.45) is 12.9 Å². The van der Waals surface area contributed by atoms with Crippen LogP contribution in [0.25, 0.3) is 0 Å². The monoisotopic (exact) mass is 280 g/mol. The molecule has 0 aliphatic rings. The fourth-order valence-corrected chi connectivity index (χ4v) is 2.32. The van der Waals surface area contributed by atoms with Crippen molar-refractivity contribution in [3.8, 4) is 0 Å². The molecule has 0 fully saturated rings. The van der Waals surface area contributed by atoms with Gasteiger partial charge < -0.3 is 9.99 Å². The van der Waals surface area contributed by atoms with Gasteiger partial charge in [-0.2, -0.15) is 0 Å². The zero-order valence-electron chi connectivity index (χ0n) is 10.1. The van der Waals surface area contributed by atoms with Gasteiger partial charge in [0.15, 0.2) is 5.16 Å². The number of nitro benzene ring substituents is 1. The number of hydrogen-bond acceptors (Lipinski definition) is 7. The molecule has 1 heterocycles. The summed E-state index contributed by atoms with van der Waals surface area (Å²) in [6.45, 7) is 0. The van der Waals surface area contributed by atoms with Crippen molar-refractivity contribution < 1.29 is 4.92 Å². The third-order valence-electron chi connectivity index (χ3n) is 2.45. The number of benzene rings is 1. The summed E-state index contributed by atoms with van der Waals surface area (Å²) in [4.78, 5) is 10.4. The highest BCUT2D eigenvalue weighted by Gasteiger charge is 2.14. The molecule has 0 aliphatic heterocycles. The second-order valence-electron chi connectivity index (χ2n) is 3.77. The highest BCUT2D eigenvalue weighted by atomic mass is 32.2. The Morgan fingerprint density at radius 2 is 2.37 bits per heavy atom. The second-order valence-corrected chi connectivity index (χ2v) is 4.71. The lowest BCUT2D eigenvalue weighted by molar-refractivity contribution is -0.384. The van der Waals surface area contributed by atoms with Crippen LogP contribution in [0.15, 0.2) is 29.7 Å². The van der Waals surface area contributed by atoms with Crippen molar-refractivity contribution in [3.63, 3.8) is 0 Å². The summed E-state index contributed by atoms with van der Waals surface area (Å²) in [6.07, 6.45) is 1.60. The second kappa shape index (κ2) is 5.67. The van der Waals surface area contributed by atoms with E-state index in [2.05, 4.69) is 15.6 Å². The van der Waals surface area contributed by atoms with Crippen LogP contribution in [0.1, 0.15) is 5.56 Å². The lowest BCUT2D eigenvalue weighted by Gasteiger charge is -2.05. The molecule has 0 amide bonds. The van der Waals surface area contributed by atoms with E-state index in [9.17, 15) is 10.1 Å². The zero-order chi connectivity index (χ0) is 13.8. The quantitative estimate of drug-likeness (QED) is 0.367. The van der Waals surface area contributed by atoms with Gasteiger partial charge in [-0.15, -0.1) is 10.2 Å². The van der Waals surface area contributed by atoms with Gasteiger partial charge in [-0.25, -0.2) is 0 Å². The SMILES string of the molecule is Cn1cnnc1SCc1ccc(NN)c([N+](=O)[O-])c1. The molecule has 0 saturated carbocycles. The number of hydrazine groups is 1. The maximum Gasteiger partial charge on any atom is 0.293 e. The van der Waals surface area contributed by atoms with Crippen LogP contribution < -0.4 is 11.3 Å². The Labute approximate surface area is 113 Å². The van der Waals surface area contributed by atoms with E-state index in [1.54, 1.807) is 23.0 Å². The molecule has 0 radical (unpaired) electrons. The van der Waals surface area contributed by atoms with Crippen molar-refractivity contribution in [3.05, 3.63) is 40.2 Å². The molecule has 8 nitrogen and oxygen atoms in total. The molecule has 1 aromatic heterocycles. The highest BCUT2D eigenvalue weighted by Crippen LogP contribution is 2.28. The summed E-state index contributed by atoms with van der Waals surface area (Å²) in [5, 5.41) is 19.3. The largest absolute Gasteiger partial charge is 0.318 e. The average molecular weight is 280 g/mol. The van der Waals surface area contributed by atoms with Crippen molar-refractivity contribution in [2.45, 2.75) is 10.9 Å². The predicted molar refractivity (Wildman–Crippen MR) is 71.5 cm³/mol. The van der Waals surface area contributed by atoms with E-state index in [1.807, 2.05) is 7.05 Å². The molecule has 2 rings (SSSR count). The van der Waals surface area contributed by atoms with Gasteiger partial charge in [-0.05, 0) is 11.6 Å². The number of nitro groups is 1. The van der Waals surface area contributed by atoms with E-state index in [0.29, 0.717) is 5.75 Å². The lowest BCUT2D eigenvalue weighted by Crippen LogP contribution is -2.09. The Bertz CT molecular complexity index is 599. The summed E-state index contributed by atoms with van der Waals surface area (Å²) < 4.78 is 1.79. The van der Waals surface area contributed by atoms with E-state index >= 15 is 0 Å². The van der Waals surface area contributed by atoms with Crippen LogP contribution in [0.3, 0.4) is 0 Å². The van der Waals surface area contributed by atoms with Gasteiger partial charge >= 0.3 is 0 Å². The highest BCUT2D eigenvalue weighted by molar-refractivity contribution is 7.98. The predicted octanol–water partition coefficient (Wildman–Crippen LogP) is 1.30. The number of aromatic nitrogens is 3. The Morgan fingerprint density at radius 3 is 2.95 bits per heavy atom. The third kappa shape index (κ3) is 3.01. The number of nitrogens with two attached hydrogens (primary N) is 1. The number of thioether (sulfide) groups is 1. The van der Waals surface area contributed by atoms with Crippen LogP contribution in [0, 0.1) is 10.1 Å². The molecule has 3 N–H and O–H groups in total. The van der Waals surface area contributed by atoms with E-state index in [4.69, 9.17) is 5.84 Å². The summed E-state index contributed by atoms with van der Waals surface area (Å²) in [5.74, 6) is 5.80. The molecule has 0 unspecified atom stereocenters. The topological polar surface area (TPSA) is 112 Å². The van der Waals surface area contributed by atoms with Crippen molar-refractivity contribution in [2.75, 3.05) is 5.43 Å². The van der Waals surface area contributed by atoms with E-state index in [0.717, 1.165) is 10.7 Å². The first-order valence-electron chi connectivity index (χ1n) is 5.32. The van der Waals surface area contributed by atoms with Gasteiger partial charge in [-0.1, -0.05) is 17.8 Å². The van der Waals surface area contributed by atoms with Gasteiger partial charge in [-0.3, -0.25) is 16.0 Å². The van der Waals surface area contributed by atoms with Crippen LogP contribution in [0.4, 0.5) is 11.4 Å². The molecule has 100 valence electrons. The number of nitrogen functional groups attached to an aromatic ring is 1. The Balaban J connectivity index is 2.15. The first kappa shape index (κ1) is 13.3. The molecular weight excluding hydrogens is 268 g/mol. The normalized spacial score (nSPS) is 10.4. The van der Waals surface area contributed by atoms with Crippen molar-refractivity contribution >= 4 is 23.1 Å². The molecule has 0 bridgehead atoms. The maximum atomic E-state index is 10.9. The summed E-state index contributed by atoms with van der Waals surface area (Å²) in [5.41, 5.74) is 3.37. The average Bonchev–Trinajstić information content (AvgIpc) is 2.81. The first-order chi connectivity index (χ1) is 9.11. The Hall–Kier alpha value is -2.13. The Kier molecular flexibility index (Phi) is 3.97. The smallest absolute Gasteiger partial charge is 0.293 e. The molecule has 0 spiro atoms. The van der Waals surface area contributed by atoms with Crippen molar-refractivity contribution in [1.82, 2.24) is 14.8 Å². The van der Waals surface area contributed by atoms with Gasteiger partial charge in [0.1, 0.15) is 12.0 Å². The van der Waals surface area contributed by atoms with Crippen LogP contribution in [0.2, 0.25) is 0 Å². The van der Waals surface area contributed by atoms with Crippen molar-refractivity contribution in [1.29, 1.82) is 0 Å². The minimum atomic E-state index is -0.467. The minimum Gasteiger partial charge on any atom is -0.318 e. The van der Waals surface area contributed by atoms with E-state index < -0.39 is 4.92 Å². The van der Waals surface area contributed by atoms with Gasteiger partial charge in [0.25, 0.3) is 5.69 Å². The number of nitrogens with one attached hydrogen (secondary N) is 1. The number of hydrogen-bond donors (Lipinski definition) is 2. The van der Waals surface area contributed by atoms with Crippen LogP contribution in [0.5, 0.6) is 0 Å². The summed E-state index contributed by atoms with van der Waals surface area (Å²) in [7, 11) is 1.84. The molecule has 2 aromatic rings. The van der Waals surface area contributed by atoms with Gasteiger partial charge in [0.05, 0.1) is 4.92 Å². The molecule has 0 aliphatic carbocycles. The summed E-state index contributed by atoms with van der Waals surface area (Å²) in [6, 6.07) is 4.87. The molecule has 0 saturated heterocycles. The minimum absolute atomic E-state index is 0.0430. The van der Waals surface area contributed by atoms with Gasteiger partial charge in [0.2, 0.25) is 0 Å². The number of rotatable bonds is 5. The van der Waals surface area contributed by atoms with Crippen LogP contribution in [-0.2, 0) is 12.8 Å². The van der Waals surface area contributed by atoms with Crippen LogP contribution >= 0.6 is 11.8 Å². The Morgan fingerprint density at radius 1 is 1.58 bits per heavy atom. The van der Waals surface area contributed by atoms with E-state index in [-0.39, 0.29) is 11.4 Å². The standard InChI is InChI=1S/C10H12N6O2S/c1-15-6-12-14-10(15)19-5-7-2-3-8(13-11)9(4-7)16(17)18/h2-4,6,13H,5,11H2,1H3. The molecule has 19 heavy (non-hydrogen) atoms. The molecular formula is C10H12N6O2S. The number of nitrogens with zero attached hydrogens (tertiary/aromatic N) is 4. The molecule has 9 heteroatoms. The summed E-state index contributed by atoms with van der Waals surface area (Å²) >= 11 is 1.46.